The molecule has 2 N–H and O–H groups in total. The fourth-order valence-corrected chi connectivity index (χ4v) is 7.78. The average molecular weight is 575 g/mol. The van der Waals surface area contributed by atoms with Crippen molar-refractivity contribution in [2.24, 2.45) is 0 Å². The predicted molar refractivity (Wildman–Crippen MR) is 147 cm³/mol. The first-order valence-electron chi connectivity index (χ1n) is 12.2. The smallest absolute Gasteiger partial charge is 0.325 e. The molecule has 1 saturated carbocycles. The first-order chi connectivity index (χ1) is 18.2. The minimum atomic E-state index is -4.09. The fourth-order valence-electron chi connectivity index (χ4n) is 4.87. The summed E-state index contributed by atoms with van der Waals surface area (Å²) in [5, 5.41) is 10.7. The van der Waals surface area contributed by atoms with Gasteiger partial charge in [-0.15, -0.1) is 11.8 Å². The molecule has 1 amide bonds. The lowest BCUT2D eigenvalue weighted by molar-refractivity contribution is -0.140. The van der Waals surface area contributed by atoms with Gasteiger partial charge < -0.3 is 14.7 Å². The van der Waals surface area contributed by atoms with Gasteiger partial charge in [0.15, 0.2) is 0 Å². The Bertz CT molecular complexity index is 1420. The van der Waals surface area contributed by atoms with Crippen LogP contribution in [0.15, 0.2) is 64.9 Å². The summed E-state index contributed by atoms with van der Waals surface area (Å²) in [7, 11) is -4.09. The number of carboxylic acids is 1. The molecule has 0 spiro atoms. The van der Waals surface area contributed by atoms with Crippen molar-refractivity contribution in [1.82, 2.24) is 9.62 Å². The third kappa shape index (κ3) is 5.55. The second-order valence-electron chi connectivity index (χ2n) is 9.48. The number of amides is 1. The van der Waals surface area contributed by atoms with E-state index in [0.717, 1.165) is 22.9 Å². The molecule has 200 valence electrons. The molecule has 3 aliphatic rings. The van der Waals surface area contributed by atoms with Gasteiger partial charge in [-0.05, 0) is 46.9 Å². The Morgan fingerprint density at radius 1 is 1.11 bits per heavy atom. The number of rotatable bonds is 8. The average Bonchev–Trinajstić information content (AvgIpc) is 3.64. The van der Waals surface area contributed by atoms with Crippen molar-refractivity contribution >= 4 is 50.8 Å². The molecule has 2 aromatic rings. The van der Waals surface area contributed by atoms with Gasteiger partial charge in [-0.1, -0.05) is 54.1 Å². The molecular formula is C27H27ClN2O6S2. The highest BCUT2D eigenvalue weighted by molar-refractivity contribution is 8.18. The van der Waals surface area contributed by atoms with Gasteiger partial charge in [-0.3, -0.25) is 9.59 Å². The Morgan fingerprint density at radius 2 is 1.82 bits per heavy atom. The summed E-state index contributed by atoms with van der Waals surface area (Å²) in [6.07, 6.45) is 3.46. The van der Waals surface area contributed by atoms with Gasteiger partial charge in [0.05, 0.1) is 19.6 Å². The molecule has 1 aliphatic carbocycles. The summed E-state index contributed by atoms with van der Waals surface area (Å²) in [6, 6.07) is 14.4. The first-order valence-corrected chi connectivity index (χ1v) is 15.0. The van der Waals surface area contributed by atoms with E-state index < -0.39 is 27.4 Å². The maximum absolute atomic E-state index is 13.3. The van der Waals surface area contributed by atoms with Crippen LogP contribution in [-0.4, -0.2) is 67.9 Å². The van der Waals surface area contributed by atoms with Gasteiger partial charge in [0.1, 0.15) is 9.78 Å². The monoisotopic (exact) mass is 574 g/mol. The minimum Gasteiger partial charge on any atom is -0.480 e. The Kier molecular flexibility index (Phi) is 7.70. The minimum absolute atomic E-state index is 0.0602. The van der Waals surface area contributed by atoms with Crippen LogP contribution in [0.2, 0.25) is 5.02 Å². The zero-order valence-electron chi connectivity index (χ0n) is 20.4. The molecule has 2 atom stereocenters. The summed E-state index contributed by atoms with van der Waals surface area (Å²) < 4.78 is 34.5. The maximum atomic E-state index is 13.3. The molecule has 2 aliphatic heterocycles. The van der Waals surface area contributed by atoms with Gasteiger partial charge in [0, 0.05) is 29.8 Å². The summed E-state index contributed by atoms with van der Waals surface area (Å²) in [4.78, 5) is 27.0. The predicted octanol–water partition coefficient (Wildman–Crippen LogP) is 3.64. The van der Waals surface area contributed by atoms with Crippen molar-refractivity contribution in [1.29, 1.82) is 0 Å². The molecule has 8 nitrogen and oxygen atoms in total. The van der Waals surface area contributed by atoms with Crippen molar-refractivity contribution in [3.63, 3.8) is 0 Å². The Balaban J connectivity index is 1.34. The molecule has 0 bridgehead atoms. The number of carbonyl (C=O) groups excluding carboxylic acids is 1. The van der Waals surface area contributed by atoms with Crippen LogP contribution in [0.4, 0.5) is 0 Å². The highest BCUT2D eigenvalue weighted by Crippen LogP contribution is 2.53. The van der Waals surface area contributed by atoms with Gasteiger partial charge in [0.2, 0.25) is 15.9 Å². The molecule has 38 heavy (non-hydrogen) atoms. The fraction of sp³-hybridized carbons (Fsp3) is 0.333. The van der Waals surface area contributed by atoms with Crippen molar-refractivity contribution in [3.8, 4) is 0 Å². The number of ether oxygens (including phenoxy) is 1. The second kappa shape index (κ2) is 10.9. The van der Waals surface area contributed by atoms with Gasteiger partial charge in [-0.25, -0.2) is 8.42 Å². The Labute approximate surface area is 230 Å². The summed E-state index contributed by atoms with van der Waals surface area (Å²) in [5.74, 6) is -1.46. The maximum Gasteiger partial charge on any atom is 0.325 e. The number of aliphatic carboxylic acids is 1. The van der Waals surface area contributed by atoms with Crippen molar-refractivity contribution in [3.05, 3.63) is 86.6 Å². The summed E-state index contributed by atoms with van der Waals surface area (Å²) in [5.41, 5.74) is 1.60. The quantitative estimate of drug-likeness (QED) is 0.495. The van der Waals surface area contributed by atoms with E-state index in [0.29, 0.717) is 48.2 Å². The van der Waals surface area contributed by atoms with Crippen LogP contribution in [0.3, 0.4) is 0 Å². The largest absolute Gasteiger partial charge is 0.480 e. The van der Waals surface area contributed by atoms with Crippen LogP contribution >= 0.6 is 23.4 Å². The number of morpholine rings is 1. The molecular weight excluding hydrogens is 548 g/mol. The van der Waals surface area contributed by atoms with Gasteiger partial charge >= 0.3 is 5.97 Å². The highest BCUT2D eigenvalue weighted by Gasteiger charge is 2.64. The van der Waals surface area contributed by atoms with Crippen LogP contribution in [0, 0.1) is 0 Å². The number of hydrogen-bond donors (Lipinski definition) is 2. The molecule has 0 radical (unpaired) electrons. The van der Waals surface area contributed by atoms with Crippen LogP contribution in [0.25, 0.3) is 5.57 Å². The number of carbonyl (C=O) groups is 2. The zero-order valence-corrected chi connectivity index (χ0v) is 22.8. The highest BCUT2D eigenvalue weighted by atomic mass is 35.5. The second-order valence-corrected chi connectivity index (χ2v) is 12.8. The number of halogens is 1. The SMILES string of the molecule is O=C(Cc1ccccc1C1CC1(NS(=O)(=O)C1=CC=C(c2ccc(Cl)cc2)CS1)C(=O)O)N1CCOCC1. The first kappa shape index (κ1) is 27.0. The number of nitrogens with zero attached hydrogens (tertiary/aromatic N) is 1. The normalized spacial score (nSPS) is 23.4. The summed E-state index contributed by atoms with van der Waals surface area (Å²) >= 11 is 7.10. The Hall–Kier alpha value is -2.63. The van der Waals surface area contributed by atoms with E-state index in [2.05, 4.69) is 4.72 Å². The third-order valence-electron chi connectivity index (χ3n) is 7.07. The van der Waals surface area contributed by atoms with Crippen LogP contribution < -0.4 is 4.72 Å². The number of allylic oxidation sites excluding steroid dienone is 2. The van der Waals surface area contributed by atoms with E-state index in [1.165, 1.54) is 6.08 Å². The summed E-state index contributed by atoms with van der Waals surface area (Å²) in [6.45, 7) is 2.02. The van der Waals surface area contributed by atoms with Crippen LogP contribution in [0.5, 0.6) is 0 Å². The van der Waals surface area contributed by atoms with Gasteiger partial charge in [-0.2, -0.15) is 4.72 Å². The number of carboxylic acid groups (broad SMARTS) is 1. The molecule has 2 heterocycles. The van der Waals surface area contributed by atoms with E-state index >= 15 is 0 Å². The van der Waals surface area contributed by atoms with E-state index in [1.54, 1.807) is 47.4 Å². The van der Waals surface area contributed by atoms with E-state index in [4.69, 9.17) is 16.3 Å². The lowest BCUT2D eigenvalue weighted by Gasteiger charge is -2.27. The Morgan fingerprint density at radius 3 is 2.47 bits per heavy atom. The van der Waals surface area contributed by atoms with Gasteiger partial charge in [0.25, 0.3) is 0 Å². The molecule has 11 heteroatoms. The lowest BCUT2D eigenvalue weighted by atomic mass is 9.97. The number of benzene rings is 2. The molecule has 2 fully saturated rings. The topological polar surface area (TPSA) is 113 Å². The van der Waals surface area contributed by atoms with Crippen LogP contribution in [0.1, 0.15) is 29.0 Å². The van der Waals surface area contributed by atoms with E-state index in [1.807, 2.05) is 12.1 Å². The van der Waals surface area contributed by atoms with Crippen LogP contribution in [-0.2, 0) is 30.8 Å². The molecule has 2 aromatic carbocycles. The third-order valence-corrected chi connectivity index (χ3v) is 10.5. The number of hydrogen-bond acceptors (Lipinski definition) is 6. The van der Waals surface area contributed by atoms with E-state index in [-0.39, 0.29) is 23.0 Å². The standard InChI is InChI=1S/C27H27ClN2O6S2/c28-21-8-5-18(6-9-21)20-7-10-25(37-17-20)38(34,35)29-27(26(32)33)16-23(27)22-4-2-1-3-19(22)15-24(31)30-11-13-36-14-12-30/h1-10,23,29H,11-17H2,(H,32,33). The lowest BCUT2D eigenvalue weighted by Crippen LogP contribution is -2.45. The molecule has 1 saturated heterocycles. The van der Waals surface area contributed by atoms with E-state index in [9.17, 15) is 23.1 Å². The number of thioether (sulfide) groups is 1. The molecule has 2 unspecified atom stereocenters. The molecule has 0 aromatic heterocycles. The van der Waals surface area contributed by atoms with Crippen molar-refractivity contribution < 1.29 is 27.9 Å². The number of sulfonamides is 1. The molecule has 5 rings (SSSR count). The van der Waals surface area contributed by atoms with Crippen molar-refractivity contribution in [2.45, 2.75) is 24.3 Å². The zero-order chi connectivity index (χ0) is 26.9. The van der Waals surface area contributed by atoms with Crippen molar-refractivity contribution in [2.75, 3.05) is 32.1 Å². The number of nitrogens with one attached hydrogen (secondary N) is 1.